The van der Waals surface area contributed by atoms with Crippen LogP contribution in [0.2, 0.25) is 5.02 Å². The molecule has 30 heavy (non-hydrogen) atoms. The summed E-state index contributed by atoms with van der Waals surface area (Å²) in [6.45, 7) is 2.11. The molecule has 0 spiro atoms. The number of hydrogen-bond donors (Lipinski definition) is 0. The SMILES string of the molecule is CN1C(=O)Cc2cc(CCCC3C[C@@H]3C3CCN(c4ncc(Cl)cn4)CC3)ccc21. The van der Waals surface area contributed by atoms with Crippen LogP contribution >= 0.6 is 11.6 Å². The number of piperidine rings is 1. The van der Waals surface area contributed by atoms with Crippen molar-refractivity contribution in [2.24, 2.45) is 17.8 Å². The summed E-state index contributed by atoms with van der Waals surface area (Å²) in [6, 6.07) is 6.57. The van der Waals surface area contributed by atoms with Crippen molar-refractivity contribution in [1.29, 1.82) is 0 Å². The average molecular weight is 425 g/mol. The fraction of sp³-hybridized carbons (Fsp3) is 0.542. The fourth-order valence-corrected chi connectivity index (χ4v) is 5.52. The van der Waals surface area contributed by atoms with Crippen LogP contribution in [-0.4, -0.2) is 36.0 Å². The molecule has 2 fully saturated rings. The normalized spacial score (nSPS) is 23.7. The molecule has 5 nitrogen and oxygen atoms in total. The van der Waals surface area contributed by atoms with Crippen molar-refractivity contribution >= 4 is 29.1 Å². The first-order chi connectivity index (χ1) is 14.6. The first-order valence-electron chi connectivity index (χ1n) is 11.2. The number of likely N-dealkylation sites (N-methyl/N-ethyl adjacent to an activating group) is 1. The number of rotatable bonds is 6. The Kier molecular flexibility index (Phi) is 5.40. The Morgan fingerprint density at radius 2 is 1.93 bits per heavy atom. The summed E-state index contributed by atoms with van der Waals surface area (Å²) in [4.78, 5) is 24.7. The van der Waals surface area contributed by atoms with Crippen molar-refractivity contribution in [2.75, 3.05) is 29.9 Å². The highest BCUT2D eigenvalue weighted by atomic mass is 35.5. The Balaban J connectivity index is 1.05. The number of aromatic nitrogens is 2. The van der Waals surface area contributed by atoms with E-state index in [9.17, 15) is 4.79 Å². The lowest BCUT2D eigenvalue weighted by Gasteiger charge is -2.32. The van der Waals surface area contributed by atoms with E-state index < -0.39 is 0 Å². The van der Waals surface area contributed by atoms with Crippen LogP contribution in [0.3, 0.4) is 0 Å². The molecule has 1 saturated carbocycles. The van der Waals surface area contributed by atoms with E-state index in [1.54, 1.807) is 17.3 Å². The van der Waals surface area contributed by atoms with Gasteiger partial charge < -0.3 is 9.80 Å². The van der Waals surface area contributed by atoms with Gasteiger partial charge in [-0.1, -0.05) is 23.7 Å². The number of benzene rings is 1. The van der Waals surface area contributed by atoms with Crippen LogP contribution in [0.1, 0.15) is 43.2 Å². The number of aryl methyl sites for hydroxylation is 1. The van der Waals surface area contributed by atoms with E-state index in [-0.39, 0.29) is 5.91 Å². The standard InChI is InChI=1S/C24H29ClN4O/c1-28-22-6-5-16(11-19(22)13-23(28)30)3-2-4-18-12-21(18)17-7-9-29(10-8-17)24-26-14-20(25)15-27-24/h5-6,11,14-15,17-18,21H,2-4,7-10,12-13H2,1H3/t18?,21-/m1/s1. The topological polar surface area (TPSA) is 49.3 Å². The molecule has 5 rings (SSSR count). The van der Waals surface area contributed by atoms with E-state index >= 15 is 0 Å². The lowest BCUT2D eigenvalue weighted by Crippen LogP contribution is -2.35. The number of fused-ring (bicyclic) bond motifs is 1. The van der Waals surface area contributed by atoms with Gasteiger partial charge in [0.05, 0.1) is 23.8 Å². The van der Waals surface area contributed by atoms with Gasteiger partial charge >= 0.3 is 0 Å². The molecular formula is C24H29ClN4O. The molecule has 0 N–H and O–H groups in total. The van der Waals surface area contributed by atoms with E-state index in [0.717, 1.165) is 48.9 Å². The number of amides is 1. The maximum absolute atomic E-state index is 11.9. The second-order valence-corrected chi connectivity index (χ2v) is 9.61. The van der Waals surface area contributed by atoms with E-state index in [2.05, 4.69) is 33.1 Å². The van der Waals surface area contributed by atoms with Gasteiger partial charge in [0.1, 0.15) is 0 Å². The maximum Gasteiger partial charge on any atom is 0.231 e. The molecule has 3 heterocycles. The third-order valence-electron chi connectivity index (χ3n) is 7.27. The summed E-state index contributed by atoms with van der Waals surface area (Å²) in [5.74, 6) is 3.71. The Hall–Kier alpha value is -2.14. The zero-order valence-electron chi connectivity index (χ0n) is 17.6. The van der Waals surface area contributed by atoms with Crippen molar-refractivity contribution in [3.8, 4) is 0 Å². The number of anilines is 2. The predicted molar refractivity (Wildman–Crippen MR) is 120 cm³/mol. The quantitative estimate of drug-likeness (QED) is 0.683. The van der Waals surface area contributed by atoms with Gasteiger partial charge in [-0.3, -0.25) is 4.79 Å². The third kappa shape index (κ3) is 4.04. The minimum absolute atomic E-state index is 0.205. The molecule has 1 unspecified atom stereocenters. The number of nitrogens with zero attached hydrogens (tertiary/aromatic N) is 4. The minimum atomic E-state index is 0.205. The Bertz CT molecular complexity index is 923. The van der Waals surface area contributed by atoms with Gasteiger partial charge in [0.2, 0.25) is 11.9 Å². The molecule has 0 bridgehead atoms. The first-order valence-corrected chi connectivity index (χ1v) is 11.6. The number of carbonyl (C=O) groups is 1. The van der Waals surface area contributed by atoms with Crippen LogP contribution in [0.15, 0.2) is 30.6 Å². The monoisotopic (exact) mass is 424 g/mol. The van der Waals surface area contributed by atoms with Crippen molar-refractivity contribution in [1.82, 2.24) is 9.97 Å². The third-order valence-corrected chi connectivity index (χ3v) is 7.47. The van der Waals surface area contributed by atoms with Crippen molar-refractivity contribution in [2.45, 2.75) is 44.9 Å². The van der Waals surface area contributed by atoms with Gasteiger partial charge in [-0.25, -0.2) is 9.97 Å². The Morgan fingerprint density at radius 3 is 2.70 bits per heavy atom. The highest BCUT2D eigenvalue weighted by Gasteiger charge is 2.43. The molecule has 158 valence electrons. The Morgan fingerprint density at radius 1 is 1.17 bits per heavy atom. The molecule has 1 amide bonds. The van der Waals surface area contributed by atoms with E-state index in [1.807, 2.05) is 7.05 Å². The molecule has 0 radical (unpaired) electrons. The molecule has 2 aliphatic heterocycles. The average Bonchev–Trinajstić information content (AvgIpc) is 3.47. The summed E-state index contributed by atoms with van der Waals surface area (Å²) >= 11 is 5.90. The molecule has 1 aromatic carbocycles. The van der Waals surface area contributed by atoms with E-state index in [4.69, 9.17) is 11.6 Å². The summed E-state index contributed by atoms with van der Waals surface area (Å²) < 4.78 is 0. The maximum atomic E-state index is 11.9. The number of carbonyl (C=O) groups excluding carboxylic acids is 1. The Labute approximate surface area is 183 Å². The molecule has 3 aliphatic rings. The lowest BCUT2D eigenvalue weighted by atomic mass is 9.90. The number of halogens is 1. The molecule has 2 atom stereocenters. The molecule has 2 aromatic rings. The van der Waals surface area contributed by atoms with Crippen LogP contribution in [0.25, 0.3) is 0 Å². The highest BCUT2D eigenvalue weighted by molar-refractivity contribution is 6.30. The van der Waals surface area contributed by atoms with Gasteiger partial charge in [-0.15, -0.1) is 0 Å². The summed E-state index contributed by atoms with van der Waals surface area (Å²) in [7, 11) is 1.87. The summed E-state index contributed by atoms with van der Waals surface area (Å²) in [5, 5.41) is 0.593. The van der Waals surface area contributed by atoms with Gasteiger partial charge in [-0.2, -0.15) is 0 Å². The van der Waals surface area contributed by atoms with Gasteiger partial charge in [0.25, 0.3) is 0 Å². The van der Waals surface area contributed by atoms with Gasteiger partial charge in [-0.05, 0) is 73.5 Å². The predicted octanol–water partition coefficient (Wildman–Crippen LogP) is 4.52. The largest absolute Gasteiger partial charge is 0.341 e. The van der Waals surface area contributed by atoms with Crippen LogP contribution < -0.4 is 9.80 Å². The minimum Gasteiger partial charge on any atom is -0.341 e. The molecular weight excluding hydrogens is 396 g/mol. The van der Waals surface area contributed by atoms with Crippen LogP contribution in [0.5, 0.6) is 0 Å². The first kappa shape index (κ1) is 19.8. The van der Waals surface area contributed by atoms with Crippen LogP contribution in [0.4, 0.5) is 11.6 Å². The fourth-order valence-electron chi connectivity index (χ4n) is 5.42. The van der Waals surface area contributed by atoms with Gasteiger partial charge in [0.15, 0.2) is 0 Å². The smallest absolute Gasteiger partial charge is 0.231 e. The second kappa shape index (κ2) is 8.18. The number of hydrogen-bond acceptors (Lipinski definition) is 4. The summed E-state index contributed by atoms with van der Waals surface area (Å²) in [6.07, 6.45) is 11.5. The second-order valence-electron chi connectivity index (χ2n) is 9.17. The van der Waals surface area contributed by atoms with Crippen LogP contribution in [0, 0.1) is 17.8 Å². The molecule has 1 aromatic heterocycles. The summed E-state index contributed by atoms with van der Waals surface area (Å²) in [5.41, 5.74) is 3.66. The van der Waals surface area contributed by atoms with Crippen molar-refractivity contribution < 1.29 is 4.79 Å². The van der Waals surface area contributed by atoms with Crippen molar-refractivity contribution in [3.05, 3.63) is 46.7 Å². The van der Waals surface area contributed by atoms with Crippen LogP contribution in [-0.2, 0) is 17.6 Å². The molecule has 1 saturated heterocycles. The van der Waals surface area contributed by atoms with Crippen molar-refractivity contribution in [3.63, 3.8) is 0 Å². The van der Waals surface area contributed by atoms with Gasteiger partial charge in [0, 0.05) is 25.8 Å². The van der Waals surface area contributed by atoms with E-state index in [0.29, 0.717) is 11.4 Å². The molecule has 6 heteroatoms. The highest BCUT2D eigenvalue weighted by Crippen LogP contribution is 2.50. The zero-order chi connectivity index (χ0) is 20.7. The zero-order valence-corrected chi connectivity index (χ0v) is 18.3. The van der Waals surface area contributed by atoms with E-state index in [1.165, 1.54) is 43.2 Å². The molecule has 1 aliphatic carbocycles. The lowest BCUT2D eigenvalue weighted by molar-refractivity contribution is -0.117.